The molecule has 0 fully saturated rings. The molecule has 1 aromatic rings. The third-order valence-corrected chi connectivity index (χ3v) is 1.53. The van der Waals surface area contributed by atoms with Gasteiger partial charge < -0.3 is 10.2 Å². The normalized spacial score (nSPS) is 9.29. The molecule has 0 radical (unpaired) electrons. The molecular weight excluding hydrogens is 176 g/mol. The minimum absolute atomic E-state index is 0.626. The molecule has 0 heterocycles. The maximum absolute atomic E-state index is 5.46. The number of ether oxygens (including phenoxy) is 1. The van der Waals surface area contributed by atoms with Crippen LogP contribution in [-0.4, -0.2) is 18.9 Å². The summed E-state index contributed by atoms with van der Waals surface area (Å²) in [4.78, 5) is 0. The third kappa shape index (κ3) is 4.50. The van der Waals surface area contributed by atoms with Gasteiger partial charge in [-0.3, -0.25) is 0 Å². The van der Waals surface area contributed by atoms with Gasteiger partial charge in [0, 0.05) is 5.71 Å². The zero-order valence-corrected chi connectivity index (χ0v) is 8.66. The van der Waals surface area contributed by atoms with Crippen LogP contribution in [0, 0.1) is 0 Å². The number of rotatable bonds is 5. The molecule has 0 atom stereocenters. The van der Waals surface area contributed by atoms with E-state index >= 15 is 0 Å². The van der Waals surface area contributed by atoms with Gasteiger partial charge >= 0.3 is 0 Å². The molecule has 0 saturated carbocycles. The van der Waals surface area contributed by atoms with Crippen LogP contribution in [0.25, 0.3) is 0 Å². The lowest BCUT2D eigenvalue weighted by atomic mass is 10.3. The second-order valence-corrected chi connectivity index (χ2v) is 3.13. The quantitative estimate of drug-likeness (QED) is 0.440. The Hall–Kier alpha value is -1.51. The number of nitrogens with one attached hydrogen (secondary N) is 1. The molecule has 0 unspecified atom stereocenters. The van der Waals surface area contributed by atoms with Crippen LogP contribution in [0.3, 0.4) is 0 Å². The van der Waals surface area contributed by atoms with Gasteiger partial charge in [-0.15, -0.1) is 0 Å². The van der Waals surface area contributed by atoms with Crippen LogP contribution >= 0.6 is 0 Å². The molecule has 14 heavy (non-hydrogen) atoms. The topological polar surface area (TPSA) is 33.6 Å². The molecule has 0 bridgehead atoms. The average Bonchev–Trinajstić information content (AvgIpc) is 2.18. The summed E-state index contributed by atoms with van der Waals surface area (Å²) >= 11 is 0. The summed E-state index contributed by atoms with van der Waals surface area (Å²) in [6, 6.07) is 9.76. The monoisotopic (exact) mass is 192 g/mol. The first-order valence-electron chi connectivity index (χ1n) is 4.70. The van der Waals surface area contributed by atoms with E-state index in [9.17, 15) is 0 Å². The van der Waals surface area contributed by atoms with Crippen LogP contribution in [0.2, 0.25) is 0 Å². The number of nitrogens with zero attached hydrogens (tertiary/aromatic N) is 1. The van der Waals surface area contributed by atoms with Crippen molar-refractivity contribution in [2.24, 2.45) is 5.10 Å². The molecule has 3 nitrogen and oxygen atoms in total. The van der Waals surface area contributed by atoms with Gasteiger partial charge in [-0.25, -0.2) is 0 Å². The average molecular weight is 192 g/mol. The second-order valence-electron chi connectivity index (χ2n) is 3.13. The fraction of sp³-hybridized carbons (Fsp3) is 0.364. The molecule has 3 heteroatoms. The Morgan fingerprint density at radius 2 is 2.00 bits per heavy atom. The highest BCUT2D eigenvalue weighted by molar-refractivity contribution is 5.78. The molecule has 0 saturated heterocycles. The Balaban J connectivity index is 2.14. The number of hydrazone groups is 1. The van der Waals surface area contributed by atoms with Crippen LogP contribution in [0.5, 0.6) is 5.75 Å². The van der Waals surface area contributed by atoms with E-state index in [1.54, 1.807) is 0 Å². The van der Waals surface area contributed by atoms with E-state index in [0.717, 1.165) is 18.0 Å². The van der Waals surface area contributed by atoms with Crippen molar-refractivity contribution in [2.45, 2.75) is 13.8 Å². The third-order valence-electron chi connectivity index (χ3n) is 1.53. The second kappa shape index (κ2) is 6.02. The maximum Gasteiger partial charge on any atom is 0.119 e. The van der Waals surface area contributed by atoms with Gasteiger partial charge in [-0.05, 0) is 26.0 Å². The summed E-state index contributed by atoms with van der Waals surface area (Å²) in [6.45, 7) is 5.25. The van der Waals surface area contributed by atoms with Crippen molar-refractivity contribution in [3.8, 4) is 5.75 Å². The summed E-state index contributed by atoms with van der Waals surface area (Å²) in [5, 5.41) is 4.04. The summed E-state index contributed by atoms with van der Waals surface area (Å²) in [5.74, 6) is 0.895. The fourth-order valence-electron chi connectivity index (χ4n) is 0.945. The fourth-order valence-corrected chi connectivity index (χ4v) is 0.945. The molecule has 0 aromatic heterocycles. The van der Waals surface area contributed by atoms with Gasteiger partial charge in [0.2, 0.25) is 0 Å². The van der Waals surface area contributed by atoms with Crippen LogP contribution in [-0.2, 0) is 0 Å². The van der Waals surface area contributed by atoms with E-state index in [0.29, 0.717) is 6.61 Å². The molecule has 1 aromatic carbocycles. The molecule has 0 spiro atoms. The molecular formula is C11H16N2O. The van der Waals surface area contributed by atoms with E-state index in [1.807, 2.05) is 44.2 Å². The van der Waals surface area contributed by atoms with Gasteiger partial charge in [-0.1, -0.05) is 18.2 Å². The molecule has 0 aliphatic rings. The van der Waals surface area contributed by atoms with Gasteiger partial charge in [0.25, 0.3) is 0 Å². The lowest BCUT2D eigenvalue weighted by Gasteiger charge is -2.05. The van der Waals surface area contributed by atoms with Crippen molar-refractivity contribution >= 4 is 5.71 Å². The number of hydrogen-bond acceptors (Lipinski definition) is 3. The predicted molar refractivity (Wildman–Crippen MR) is 58.7 cm³/mol. The molecule has 0 aliphatic heterocycles. The van der Waals surface area contributed by atoms with Crippen molar-refractivity contribution < 1.29 is 4.74 Å². The first-order chi connectivity index (χ1) is 6.79. The number of hydrogen-bond donors (Lipinski definition) is 1. The van der Waals surface area contributed by atoms with Gasteiger partial charge in [0.1, 0.15) is 12.4 Å². The zero-order chi connectivity index (χ0) is 10.2. The summed E-state index contributed by atoms with van der Waals surface area (Å²) in [7, 11) is 0. The van der Waals surface area contributed by atoms with Gasteiger partial charge in [-0.2, -0.15) is 5.10 Å². The highest BCUT2D eigenvalue weighted by atomic mass is 16.5. The lowest BCUT2D eigenvalue weighted by Crippen LogP contribution is -2.16. The Kier molecular flexibility index (Phi) is 4.55. The van der Waals surface area contributed by atoms with Crippen LogP contribution in [0.1, 0.15) is 13.8 Å². The highest BCUT2D eigenvalue weighted by Crippen LogP contribution is 2.07. The molecule has 1 N–H and O–H groups in total. The SMILES string of the molecule is CC(C)=NNCCOc1ccccc1. The summed E-state index contributed by atoms with van der Waals surface area (Å²) in [5.41, 5.74) is 3.94. The largest absolute Gasteiger partial charge is 0.492 e. The standard InChI is InChI=1S/C11H16N2O/c1-10(2)13-12-8-9-14-11-6-4-3-5-7-11/h3-7,12H,8-9H2,1-2H3. The van der Waals surface area contributed by atoms with Crippen LogP contribution < -0.4 is 10.2 Å². The van der Waals surface area contributed by atoms with Crippen molar-refractivity contribution in [1.29, 1.82) is 0 Å². The first-order valence-corrected chi connectivity index (χ1v) is 4.70. The molecule has 0 aliphatic carbocycles. The van der Waals surface area contributed by atoms with Crippen molar-refractivity contribution in [2.75, 3.05) is 13.2 Å². The summed E-state index contributed by atoms with van der Waals surface area (Å²) < 4.78 is 5.46. The Bertz CT molecular complexity index is 279. The van der Waals surface area contributed by atoms with E-state index < -0.39 is 0 Å². The Morgan fingerprint density at radius 3 is 2.64 bits per heavy atom. The van der Waals surface area contributed by atoms with Crippen LogP contribution in [0.15, 0.2) is 35.4 Å². The van der Waals surface area contributed by atoms with E-state index in [4.69, 9.17) is 4.74 Å². The highest BCUT2D eigenvalue weighted by Gasteiger charge is 1.89. The Labute approximate surface area is 84.8 Å². The Morgan fingerprint density at radius 1 is 1.29 bits per heavy atom. The zero-order valence-electron chi connectivity index (χ0n) is 8.66. The number of para-hydroxylation sites is 1. The van der Waals surface area contributed by atoms with Crippen molar-refractivity contribution in [3.05, 3.63) is 30.3 Å². The van der Waals surface area contributed by atoms with Crippen molar-refractivity contribution in [1.82, 2.24) is 5.43 Å². The lowest BCUT2D eigenvalue weighted by molar-refractivity contribution is 0.315. The van der Waals surface area contributed by atoms with Crippen molar-refractivity contribution in [3.63, 3.8) is 0 Å². The summed E-state index contributed by atoms with van der Waals surface area (Å²) in [6.07, 6.45) is 0. The smallest absolute Gasteiger partial charge is 0.119 e. The van der Waals surface area contributed by atoms with Gasteiger partial charge in [0.15, 0.2) is 0 Å². The maximum atomic E-state index is 5.46. The predicted octanol–water partition coefficient (Wildman–Crippen LogP) is 2.05. The number of benzene rings is 1. The van der Waals surface area contributed by atoms with E-state index in [1.165, 1.54) is 0 Å². The van der Waals surface area contributed by atoms with Gasteiger partial charge in [0.05, 0.1) is 6.54 Å². The van der Waals surface area contributed by atoms with Crippen LogP contribution in [0.4, 0.5) is 0 Å². The molecule has 76 valence electrons. The first kappa shape index (κ1) is 10.6. The van der Waals surface area contributed by atoms with E-state index in [-0.39, 0.29) is 0 Å². The van der Waals surface area contributed by atoms with E-state index in [2.05, 4.69) is 10.5 Å². The molecule has 1 rings (SSSR count). The minimum Gasteiger partial charge on any atom is -0.492 e. The minimum atomic E-state index is 0.626. The molecule has 0 amide bonds.